The van der Waals surface area contributed by atoms with Crippen molar-refractivity contribution in [2.75, 3.05) is 33.9 Å². The first-order valence-electron chi connectivity index (χ1n) is 9.82. The second-order valence-corrected chi connectivity index (χ2v) is 7.62. The van der Waals surface area contributed by atoms with Gasteiger partial charge < -0.3 is 19.3 Å². The number of methoxy groups -OCH3 is 2. The van der Waals surface area contributed by atoms with Crippen LogP contribution in [0, 0.1) is 5.92 Å². The van der Waals surface area contributed by atoms with Gasteiger partial charge in [-0.05, 0) is 49.3 Å². The van der Waals surface area contributed by atoms with Gasteiger partial charge in [-0.3, -0.25) is 9.59 Å². The van der Waals surface area contributed by atoms with Gasteiger partial charge in [-0.2, -0.15) is 0 Å². The molecule has 27 heavy (non-hydrogen) atoms. The molecule has 3 rings (SSSR count). The van der Waals surface area contributed by atoms with Gasteiger partial charge in [0.15, 0.2) is 11.5 Å². The summed E-state index contributed by atoms with van der Waals surface area (Å²) in [5.41, 5.74) is 0.863. The average molecular weight is 374 g/mol. The van der Waals surface area contributed by atoms with Crippen LogP contribution in [0.2, 0.25) is 0 Å². The lowest BCUT2D eigenvalue weighted by atomic mass is 9.98. The lowest BCUT2D eigenvalue weighted by Gasteiger charge is -2.34. The number of ether oxygens (including phenoxy) is 2. The molecule has 0 aliphatic carbocycles. The zero-order chi connectivity index (χ0) is 19.4. The second-order valence-electron chi connectivity index (χ2n) is 7.62. The minimum absolute atomic E-state index is 0.00319. The SMILES string of the molecule is COc1ccc(CC(=O)N2CCC[C@H]2C(=O)N2CCC(C)CC2)cc1OC. The summed E-state index contributed by atoms with van der Waals surface area (Å²) in [4.78, 5) is 29.6. The molecule has 2 heterocycles. The summed E-state index contributed by atoms with van der Waals surface area (Å²) in [5, 5.41) is 0. The van der Waals surface area contributed by atoms with Crippen LogP contribution < -0.4 is 9.47 Å². The van der Waals surface area contributed by atoms with Crippen molar-refractivity contribution < 1.29 is 19.1 Å². The van der Waals surface area contributed by atoms with Crippen LogP contribution >= 0.6 is 0 Å². The topological polar surface area (TPSA) is 59.1 Å². The van der Waals surface area contributed by atoms with E-state index in [1.54, 1.807) is 19.1 Å². The lowest BCUT2D eigenvalue weighted by Crippen LogP contribution is -2.50. The van der Waals surface area contributed by atoms with Gasteiger partial charge in [-0.1, -0.05) is 13.0 Å². The van der Waals surface area contributed by atoms with Gasteiger partial charge in [0.05, 0.1) is 20.6 Å². The van der Waals surface area contributed by atoms with E-state index in [2.05, 4.69) is 6.92 Å². The van der Waals surface area contributed by atoms with Crippen molar-refractivity contribution >= 4 is 11.8 Å². The fourth-order valence-corrected chi connectivity index (χ4v) is 4.03. The third-order valence-corrected chi connectivity index (χ3v) is 5.76. The van der Waals surface area contributed by atoms with Crippen molar-refractivity contribution in [3.05, 3.63) is 23.8 Å². The first kappa shape index (κ1) is 19.5. The Morgan fingerprint density at radius 2 is 1.74 bits per heavy atom. The molecule has 1 aromatic carbocycles. The molecule has 0 radical (unpaired) electrons. The minimum atomic E-state index is -0.300. The van der Waals surface area contributed by atoms with Gasteiger partial charge in [-0.25, -0.2) is 0 Å². The third-order valence-electron chi connectivity index (χ3n) is 5.76. The smallest absolute Gasteiger partial charge is 0.245 e. The van der Waals surface area contributed by atoms with E-state index in [1.807, 2.05) is 23.1 Å². The number of benzene rings is 1. The Morgan fingerprint density at radius 1 is 1.04 bits per heavy atom. The van der Waals surface area contributed by atoms with Crippen LogP contribution in [0.15, 0.2) is 18.2 Å². The van der Waals surface area contributed by atoms with Gasteiger partial charge in [0.2, 0.25) is 11.8 Å². The molecule has 0 unspecified atom stereocenters. The fourth-order valence-electron chi connectivity index (χ4n) is 4.03. The zero-order valence-electron chi connectivity index (χ0n) is 16.6. The van der Waals surface area contributed by atoms with E-state index in [0.29, 0.717) is 24.0 Å². The Hall–Kier alpha value is -2.24. The number of amides is 2. The van der Waals surface area contributed by atoms with Crippen LogP contribution in [0.4, 0.5) is 0 Å². The molecule has 0 N–H and O–H groups in total. The summed E-state index contributed by atoms with van der Waals surface area (Å²) in [5.74, 6) is 2.06. The molecule has 148 valence electrons. The van der Waals surface area contributed by atoms with Gasteiger partial charge in [0, 0.05) is 19.6 Å². The molecule has 1 aromatic rings. The summed E-state index contributed by atoms with van der Waals surface area (Å²) < 4.78 is 10.6. The lowest BCUT2D eigenvalue weighted by molar-refractivity contribution is -0.144. The summed E-state index contributed by atoms with van der Waals surface area (Å²) in [6, 6.07) is 5.21. The van der Waals surface area contributed by atoms with Crippen molar-refractivity contribution in [2.45, 2.75) is 45.1 Å². The summed E-state index contributed by atoms with van der Waals surface area (Å²) >= 11 is 0. The van der Waals surface area contributed by atoms with E-state index >= 15 is 0 Å². The first-order chi connectivity index (χ1) is 13.0. The van der Waals surface area contributed by atoms with Crippen LogP contribution in [-0.2, 0) is 16.0 Å². The van der Waals surface area contributed by atoms with Crippen LogP contribution in [-0.4, -0.2) is 61.5 Å². The highest BCUT2D eigenvalue weighted by atomic mass is 16.5. The summed E-state index contributed by atoms with van der Waals surface area (Å²) in [6.07, 6.45) is 4.03. The molecule has 0 saturated carbocycles. The highest BCUT2D eigenvalue weighted by Gasteiger charge is 2.37. The van der Waals surface area contributed by atoms with Crippen LogP contribution in [0.1, 0.15) is 38.2 Å². The van der Waals surface area contributed by atoms with E-state index < -0.39 is 0 Å². The quantitative estimate of drug-likeness (QED) is 0.795. The van der Waals surface area contributed by atoms with Gasteiger partial charge in [0.25, 0.3) is 0 Å². The normalized spacial score (nSPS) is 20.6. The number of hydrogen-bond acceptors (Lipinski definition) is 4. The molecule has 2 amide bonds. The Bertz CT molecular complexity index is 683. The largest absolute Gasteiger partial charge is 0.493 e. The molecule has 6 nitrogen and oxygen atoms in total. The standard InChI is InChI=1S/C21H30N2O4/c1-15-8-11-22(12-9-15)21(25)17-5-4-10-23(17)20(24)14-16-6-7-18(26-2)19(13-16)27-3/h6-7,13,15,17H,4-5,8-12,14H2,1-3H3/t17-/m0/s1. The molecule has 2 saturated heterocycles. The monoisotopic (exact) mass is 374 g/mol. The van der Waals surface area contributed by atoms with E-state index in [0.717, 1.165) is 44.3 Å². The van der Waals surface area contributed by atoms with E-state index in [9.17, 15) is 9.59 Å². The fraction of sp³-hybridized carbons (Fsp3) is 0.619. The molecule has 6 heteroatoms. The third kappa shape index (κ3) is 4.37. The summed E-state index contributed by atoms with van der Waals surface area (Å²) in [6.45, 7) is 4.52. The number of piperidine rings is 1. The molecule has 1 atom stereocenters. The maximum Gasteiger partial charge on any atom is 0.245 e. The highest BCUT2D eigenvalue weighted by molar-refractivity contribution is 5.89. The number of rotatable bonds is 5. The Labute approximate surface area is 161 Å². The highest BCUT2D eigenvalue weighted by Crippen LogP contribution is 2.29. The first-order valence-corrected chi connectivity index (χ1v) is 9.82. The number of carbonyl (C=O) groups excluding carboxylic acids is 2. The second kappa shape index (κ2) is 8.63. The van der Waals surface area contributed by atoms with Gasteiger partial charge >= 0.3 is 0 Å². The number of nitrogens with zero attached hydrogens (tertiary/aromatic N) is 2. The molecule has 2 aliphatic heterocycles. The van der Waals surface area contributed by atoms with Crippen molar-refractivity contribution in [3.8, 4) is 11.5 Å². The maximum atomic E-state index is 13.0. The number of hydrogen-bond donors (Lipinski definition) is 0. The van der Waals surface area contributed by atoms with Crippen molar-refractivity contribution in [1.29, 1.82) is 0 Å². The van der Waals surface area contributed by atoms with Crippen LogP contribution in [0.25, 0.3) is 0 Å². The van der Waals surface area contributed by atoms with Crippen LogP contribution in [0.3, 0.4) is 0 Å². The zero-order valence-corrected chi connectivity index (χ0v) is 16.6. The van der Waals surface area contributed by atoms with E-state index in [1.165, 1.54) is 0 Å². The van der Waals surface area contributed by atoms with Crippen LogP contribution in [0.5, 0.6) is 11.5 Å². The molecule has 0 aromatic heterocycles. The average Bonchev–Trinajstić information content (AvgIpc) is 3.18. The molecule has 0 spiro atoms. The van der Waals surface area contributed by atoms with Crippen molar-refractivity contribution in [3.63, 3.8) is 0 Å². The Balaban J connectivity index is 1.66. The number of carbonyl (C=O) groups is 2. The van der Waals surface area contributed by atoms with Gasteiger partial charge in [-0.15, -0.1) is 0 Å². The molecular weight excluding hydrogens is 344 g/mol. The maximum absolute atomic E-state index is 13.0. The van der Waals surface area contributed by atoms with E-state index in [-0.39, 0.29) is 24.3 Å². The predicted octanol–water partition coefficient (Wildman–Crippen LogP) is 2.50. The molecule has 0 bridgehead atoms. The minimum Gasteiger partial charge on any atom is -0.493 e. The van der Waals surface area contributed by atoms with Gasteiger partial charge in [0.1, 0.15) is 6.04 Å². The molecule has 2 aliphatic rings. The molecular formula is C21H30N2O4. The Kier molecular flexibility index (Phi) is 6.24. The predicted molar refractivity (Wildman–Crippen MR) is 103 cm³/mol. The van der Waals surface area contributed by atoms with E-state index in [4.69, 9.17) is 9.47 Å². The molecule has 2 fully saturated rings. The summed E-state index contributed by atoms with van der Waals surface area (Å²) in [7, 11) is 3.17. The number of likely N-dealkylation sites (tertiary alicyclic amines) is 2. The van der Waals surface area contributed by atoms with Crippen molar-refractivity contribution in [2.24, 2.45) is 5.92 Å². The Morgan fingerprint density at radius 3 is 2.41 bits per heavy atom. The van der Waals surface area contributed by atoms with Crippen molar-refractivity contribution in [1.82, 2.24) is 9.80 Å².